The molecule has 0 bridgehead atoms. The molecule has 3 nitrogen and oxygen atoms in total. The largest absolute Gasteiger partial charge is 0.336 e. The Labute approximate surface area is 105 Å². The average Bonchev–Trinajstić information content (AvgIpc) is 2.43. The molecule has 1 atom stereocenters. The summed E-state index contributed by atoms with van der Waals surface area (Å²) in [6.07, 6.45) is 8.11. The number of carbonyl (C=O) groups excluding carboxylic acids is 1. The Balaban J connectivity index is 1.74. The third-order valence-electron chi connectivity index (χ3n) is 4.44. The van der Waals surface area contributed by atoms with Crippen molar-refractivity contribution in [2.24, 2.45) is 11.7 Å². The number of hydrogen-bond donors (Lipinski definition) is 1. The number of likely N-dealkylation sites (tertiary alicyclic amines) is 1. The lowest BCUT2D eigenvalue weighted by Crippen LogP contribution is -2.42. The van der Waals surface area contributed by atoms with E-state index in [1.54, 1.807) is 0 Å². The second-order valence-corrected chi connectivity index (χ2v) is 6.47. The van der Waals surface area contributed by atoms with Crippen molar-refractivity contribution in [3.8, 4) is 0 Å². The van der Waals surface area contributed by atoms with E-state index in [-0.39, 0.29) is 11.6 Å². The minimum Gasteiger partial charge on any atom is -0.336 e. The summed E-state index contributed by atoms with van der Waals surface area (Å²) < 4.78 is 0. The highest BCUT2D eigenvalue weighted by Crippen LogP contribution is 2.32. The molecule has 2 fully saturated rings. The zero-order valence-electron chi connectivity index (χ0n) is 11.2. The number of amides is 1. The van der Waals surface area contributed by atoms with Crippen molar-refractivity contribution in [1.82, 2.24) is 4.90 Å². The molecule has 1 saturated heterocycles. The van der Waals surface area contributed by atoms with Gasteiger partial charge in [0.1, 0.15) is 0 Å². The van der Waals surface area contributed by atoms with Gasteiger partial charge in [0.2, 0.25) is 5.91 Å². The monoisotopic (exact) mass is 238 g/mol. The van der Waals surface area contributed by atoms with E-state index in [4.69, 9.17) is 5.73 Å². The number of hydrogen-bond acceptors (Lipinski definition) is 2. The van der Waals surface area contributed by atoms with E-state index in [1.807, 2.05) is 4.90 Å². The molecule has 0 aromatic rings. The lowest BCUT2D eigenvalue weighted by molar-refractivity contribution is -0.134. The average molecular weight is 238 g/mol. The van der Waals surface area contributed by atoms with E-state index in [0.717, 1.165) is 25.3 Å². The van der Waals surface area contributed by atoms with Crippen LogP contribution in [0, 0.1) is 5.92 Å². The van der Waals surface area contributed by atoms with Crippen LogP contribution in [0.25, 0.3) is 0 Å². The first-order chi connectivity index (χ1) is 7.99. The van der Waals surface area contributed by atoms with Gasteiger partial charge in [-0.05, 0) is 39.0 Å². The molecule has 0 aromatic heterocycles. The van der Waals surface area contributed by atoms with Crippen molar-refractivity contribution in [3.63, 3.8) is 0 Å². The van der Waals surface area contributed by atoms with Crippen LogP contribution in [0.1, 0.15) is 58.8 Å². The van der Waals surface area contributed by atoms with Gasteiger partial charge in [0.05, 0.1) is 0 Å². The smallest absolute Gasteiger partial charge is 0.223 e. The Kier molecular flexibility index (Phi) is 3.76. The predicted molar refractivity (Wildman–Crippen MR) is 69.6 cm³/mol. The standard InChI is InChI=1S/C14H26N2O/c1-14(2)9-12(15)10-16(14)13(17)8-4-7-11-5-3-6-11/h11-12H,3-10,15H2,1-2H3. The van der Waals surface area contributed by atoms with Crippen LogP contribution >= 0.6 is 0 Å². The lowest BCUT2D eigenvalue weighted by atomic mass is 9.82. The van der Waals surface area contributed by atoms with Gasteiger partial charge in [-0.2, -0.15) is 0 Å². The fourth-order valence-corrected chi connectivity index (χ4v) is 3.20. The molecule has 2 aliphatic rings. The van der Waals surface area contributed by atoms with Crippen molar-refractivity contribution in [1.29, 1.82) is 0 Å². The molecule has 17 heavy (non-hydrogen) atoms. The van der Waals surface area contributed by atoms with Crippen molar-refractivity contribution in [2.45, 2.75) is 70.4 Å². The molecular weight excluding hydrogens is 212 g/mol. The maximum atomic E-state index is 12.2. The SMILES string of the molecule is CC1(C)CC(N)CN1C(=O)CCCC1CCC1. The minimum absolute atomic E-state index is 0.0348. The van der Waals surface area contributed by atoms with E-state index >= 15 is 0 Å². The third-order valence-corrected chi connectivity index (χ3v) is 4.44. The van der Waals surface area contributed by atoms with Crippen molar-refractivity contribution < 1.29 is 4.79 Å². The van der Waals surface area contributed by atoms with Gasteiger partial charge in [0.25, 0.3) is 0 Å². The molecule has 1 saturated carbocycles. The first-order valence-electron chi connectivity index (χ1n) is 7.05. The van der Waals surface area contributed by atoms with Gasteiger partial charge in [-0.15, -0.1) is 0 Å². The normalized spacial score (nSPS) is 28.2. The summed E-state index contributed by atoms with van der Waals surface area (Å²) in [7, 11) is 0. The molecule has 1 unspecified atom stereocenters. The molecule has 1 heterocycles. The highest BCUT2D eigenvalue weighted by molar-refractivity contribution is 5.77. The van der Waals surface area contributed by atoms with E-state index < -0.39 is 0 Å². The minimum atomic E-state index is -0.0348. The van der Waals surface area contributed by atoms with Crippen LogP contribution in [0.15, 0.2) is 0 Å². The summed E-state index contributed by atoms with van der Waals surface area (Å²) in [4.78, 5) is 14.2. The van der Waals surface area contributed by atoms with E-state index in [2.05, 4.69) is 13.8 Å². The Morgan fingerprint density at radius 3 is 2.59 bits per heavy atom. The Morgan fingerprint density at radius 1 is 1.41 bits per heavy atom. The number of nitrogens with two attached hydrogens (primary N) is 1. The molecule has 1 aliphatic heterocycles. The van der Waals surface area contributed by atoms with Crippen LogP contribution in [-0.4, -0.2) is 28.9 Å². The van der Waals surface area contributed by atoms with Crippen LogP contribution < -0.4 is 5.73 Å². The quantitative estimate of drug-likeness (QED) is 0.817. The van der Waals surface area contributed by atoms with E-state index in [0.29, 0.717) is 12.3 Å². The first-order valence-corrected chi connectivity index (χ1v) is 7.05. The van der Waals surface area contributed by atoms with Crippen molar-refractivity contribution >= 4 is 5.91 Å². The van der Waals surface area contributed by atoms with Gasteiger partial charge in [-0.3, -0.25) is 4.79 Å². The highest BCUT2D eigenvalue weighted by atomic mass is 16.2. The molecule has 0 aromatic carbocycles. The molecule has 0 radical (unpaired) electrons. The molecule has 2 N–H and O–H groups in total. The highest BCUT2D eigenvalue weighted by Gasteiger charge is 2.39. The predicted octanol–water partition coefficient (Wildman–Crippen LogP) is 2.29. The van der Waals surface area contributed by atoms with Gasteiger partial charge in [-0.1, -0.05) is 19.3 Å². The molecule has 0 spiro atoms. The Bertz CT molecular complexity index is 284. The summed E-state index contributed by atoms with van der Waals surface area (Å²) in [5, 5.41) is 0. The molecule has 1 amide bonds. The maximum absolute atomic E-state index is 12.2. The molecule has 1 aliphatic carbocycles. The zero-order chi connectivity index (χ0) is 12.5. The summed E-state index contributed by atoms with van der Waals surface area (Å²) in [5.74, 6) is 1.22. The maximum Gasteiger partial charge on any atom is 0.223 e. The van der Waals surface area contributed by atoms with E-state index in [1.165, 1.54) is 25.7 Å². The van der Waals surface area contributed by atoms with Crippen molar-refractivity contribution in [2.75, 3.05) is 6.54 Å². The van der Waals surface area contributed by atoms with Crippen LogP contribution in [0.2, 0.25) is 0 Å². The number of nitrogens with zero attached hydrogens (tertiary/aromatic N) is 1. The van der Waals surface area contributed by atoms with Gasteiger partial charge in [0, 0.05) is 24.5 Å². The second-order valence-electron chi connectivity index (χ2n) is 6.47. The van der Waals surface area contributed by atoms with Gasteiger partial charge < -0.3 is 10.6 Å². The summed E-state index contributed by atoms with van der Waals surface area (Å²) in [5.41, 5.74) is 5.92. The van der Waals surface area contributed by atoms with Gasteiger partial charge in [-0.25, -0.2) is 0 Å². The Hall–Kier alpha value is -0.570. The summed E-state index contributed by atoms with van der Waals surface area (Å²) in [6.45, 7) is 5.00. The zero-order valence-corrected chi connectivity index (χ0v) is 11.2. The lowest BCUT2D eigenvalue weighted by Gasteiger charge is -2.32. The fourth-order valence-electron chi connectivity index (χ4n) is 3.20. The van der Waals surface area contributed by atoms with Crippen LogP contribution in [0.3, 0.4) is 0 Å². The molecule has 2 rings (SSSR count). The Morgan fingerprint density at radius 2 is 2.12 bits per heavy atom. The molecule has 3 heteroatoms. The third kappa shape index (κ3) is 3.01. The van der Waals surface area contributed by atoms with Gasteiger partial charge in [0.15, 0.2) is 0 Å². The van der Waals surface area contributed by atoms with Crippen LogP contribution in [0.5, 0.6) is 0 Å². The first kappa shape index (κ1) is 12.9. The summed E-state index contributed by atoms with van der Waals surface area (Å²) >= 11 is 0. The van der Waals surface area contributed by atoms with Crippen LogP contribution in [0.4, 0.5) is 0 Å². The number of rotatable bonds is 4. The van der Waals surface area contributed by atoms with Crippen LogP contribution in [-0.2, 0) is 4.79 Å². The number of carbonyl (C=O) groups is 1. The van der Waals surface area contributed by atoms with Gasteiger partial charge >= 0.3 is 0 Å². The summed E-state index contributed by atoms with van der Waals surface area (Å²) in [6, 6.07) is 0.167. The van der Waals surface area contributed by atoms with Crippen molar-refractivity contribution in [3.05, 3.63) is 0 Å². The molecular formula is C14H26N2O. The van der Waals surface area contributed by atoms with E-state index in [9.17, 15) is 4.79 Å². The second kappa shape index (κ2) is 4.97. The topological polar surface area (TPSA) is 46.3 Å². The fraction of sp³-hybridized carbons (Fsp3) is 0.929. The molecule has 98 valence electrons.